The van der Waals surface area contributed by atoms with E-state index in [4.69, 9.17) is 15.2 Å². The molecular weight excluding hydrogens is 280 g/mol. The number of nitrogens with one attached hydrogen (secondary N) is 1. The first-order valence-corrected chi connectivity index (χ1v) is 7.91. The molecule has 0 aromatic heterocycles. The number of hydrogen-bond acceptors (Lipinski definition) is 4. The molecule has 1 rings (SSSR count). The van der Waals surface area contributed by atoms with Crippen molar-refractivity contribution in [1.29, 1.82) is 0 Å². The molecule has 1 atom stereocenters. The van der Waals surface area contributed by atoms with Gasteiger partial charge < -0.3 is 20.5 Å². The molecule has 0 aliphatic heterocycles. The average molecular weight is 308 g/mol. The topological polar surface area (TPSA) is 73.6 Å². The average Bonchev–Trinajstić information content (AvgIpc) is 2.49. The summed E-state index contributed by atoms with van der Waals surface area (Å²) < 4.78 is 11.1. The van der Waals surface area contributed by atoms with Crippen LogP contribution in [0.4, 0.5) is 0 Å². The highest BCUT2D eigenvalue weighted by Gasteiger charge is 2.16. The van der Waals surface area contributed by atoms with E-state index < -0.39 is 6.04 Å². The summed E-state index contributed by atoms with van der Waals surface area (Å²) in [6.07, 6.45) is 0.725. The van der Waals surface area contributed by atoms with Crippen LogP contribution in [0.25, 0.3) is 0 Å². The molecule has 0 aliphatic carbocycles. The van der Waals surface area contributed by atoms with Gasteiger partial charge in [0.05, 0.1) is 19.3 Å². The molecule has 3 N–H and O–H groups in total. The van der Waals surface area contributed by atoms with Crippen LogP contribution in [-0.2, 0) is 11.2 Å². The summed E-state index contributed by atoms with van der Waals surface area (Å²) in [4.78, 5) is 11.8. The standard InChI is InChI=1S/C17H28N2O3/c1-5-21-14-8-7-13(11-15(14)22-6-2)9-10-19-17(20)16(18)12(3)4/h7-8,11-12,16H,5-6,9-10,18H2,1-4H3,(H,19,20)/t16-/m0/s1. The summed E-state index contributed by atoms with van der Waals surface area (Å²) in [5.74, 6) is 1.52. The zero-order valence-electron chi connectivity index (χ0n) is 14.0. The maximum atomic E-state index is 11.8. The monoisotopic (exact) mass is 308 g/mol. The van der Waals surface area contributed by atoms with E-state index in [9.17, 15) is 4.79 Å². The van der Waals surface area contributed by atoms with Crippen molar-refractivity contribution in [2.75, 3.05) is 19.8 Å². The normalized spacial score (nSPS) is 12.1. The molecule has 5 heteroatoms. The maximum Gasteiger partial charge on any atom is 0.237 e. The van der Waals surface area contributed by atoms with Crippen LogP contribution in [0.1, 0.15) is 33.3 Å². The van der Waals surface area contributed by atoms with E-state index in [0.717, 1.165) is 23.5 Å². The molecule has 0 saturated carbocycles. The largest absolute Gasteiger partial charge is 0.490 e. The summed E-state index contributed by atoms with van der Waals surface area (Å²) >= 11 is 0. The third-order valence-electron chi connectivity index (χ3n) is 3.34. The lowest BCUT2D eigenvalue weighted by Gasteiger charge is -2.16. The van der Waals surface area contributed by atoms with Crippen molar-refractivity contribution in [3.8, 4) is 11.5 Å². The van der Waals surface area contributed by atoms with Crippen LogP contribution in [0.3, 0.4) is 0 Å². The molecule has 1 aromatic rings. The fourth-order valence-electron chi connectivity index (χ4n) is 2.00. The first-order chi connectivity index (χ1) is 10.5. The Labute approximate surface area is 133 Å². The molecule has 5 nitrogen and oxygen atoms in total. The maximum absolute atomic E-state index is 11.8. The first-order valence-electron chi connectivity index (χ1n) is 7.91. The molecule has 0 spiro atoms. The van der Waals surface area contributed by atoms with Crippen molar-refractivity contribution in [3.63, 3.8) is 0 Å². The van der Waals surface area contributed by atoms with Gasteiger partial charge in [0.1, 0.15) is 0 Å². The van der Waals surface area contributed by atoms with E-state index in [1.165, 1.54) is 0 Å². The van der Waals surface area contributed by atoms with Gasteiger partial charge >= 0.3 is 0 Å². The lowest BCUT2D eigenvalue weighted by atomic mass is 10.0. The number of hydrogen-bond donors (Lipinski definition) is 2. The van der Waals surface area contributed by atoms with E-state index in [1.54, 1.807) is 0 Å². The Hall–Kier alpha value is -1.75. The van der Waals surface area contributed by atoms with E-state index in [0.29, 0.717) is 19.8 Å². The highest BCUT2D eigenvalue weighted by atomic mass is 16.5. The van der Waals surface area contributed by atoms with Gasteiger partial charge in [0.25, 0.3) is 0 Å². The number of carbonyl (C=O) groups is 1. The third kappa shape index (κ3) is 5.56. The van der Waals surface area contributed by atoms with Crippen LogP contribution in [0, 0.1) is 5.92 Å². The Morgan fingerprint density at radius 3 is 2.41 bits per heavy atom. The van der Waals surface area contributed by atoms with Crippen molar-refractivity contribution in [3.05, 3.63) is 23.8 Å². The third-order valence-corrected chi connectivity index (χ3v) is 3.34. The van der Waals surface area contributed by atoms with Gasteiger partial charge in [-0.3, -0.25) is 4.79 Å². The highest BCUT2D eigenvalue weighted by Crippen LogP contribution is 2.28. The molecule has 0 unspecified atom stereocenters. The van der Waals surface area contributed by atoms with Gasteiger partial charge in [-0.05, 0) is 43.9 Å². The molecule has 124 valence electrons. The molecule has 22 heavy (non-hydrogen) atoms. The number of benzene rings is 1. The van der Waals surface area contributed by atoms with Crippen LogP contribution in [0.15, 0.2) is 18.2 Å². The van der Waals surface area contributed by atoms with Crippen LogP contribution >= 0.6 is 0 Å². The SMILES string of the molecule is CCOc1ccc(CCNC(=O)[C@@H](N)C(C)C)cc1OCC. The van der Waals surface area contributed by atoms with E-state index in [1.807, 2.05) is 45.9 Å². The predicted octanol–water partition coefficient (Wildman–Crippen LogP) is 2.13. The summed E-state index contributed by atoms with van der Waals surface area (Å²) in [5, 5.41) is 2.87. The van der Waals surface area contributed by atoms with Crippen LogP contribution in [0.2, 0.25) is 0 Å². The van der Waals surface area contributed by atoms with Gasteiger partial charge in [0.2, 0.25) is 5.91 Å². The lowest BCUT2D eigenvalue weighted by Crippen LogP contribution is -2.44. The van der Waals surface area contributed by atoms with Crippen molar-refractivity contribution in [2.45, 2.75) is 40.2 Å². The van der Waals surface area contributed by atoms with Crippen molar-refractivity contribution < 1.29 is 14.3 Å². The second-order valence-electron chi connectivity index (χ2n) is 5.46. The molecule has 0 saturated heterocycles. The summed E-state index contributed by atoms with van der Waals surface area (Å²) in [7, 11) is 0. The van der Waals surface area contributed by atoms with Gasteiger partial charge in [-0.1, -0.05) is 19.9 Å². The van der Waals surface area contributed by atoms with E-state index >= 15 is 0 Å². The number of amides is 1. The molecule has 0 radical (unpaired) electrons. The van der Waals surface area contributed by atoms with Crippen molar-refractivity contribution >= 4 is 5.91 Å². The second-order valence-corrected chi connectivity index (χ2v) is 5.46. The quantitative estimate of drug-likeness (QED) is 0.733. The van der Waals surface area contributed by atoms with Gasteiger partial charge in [-0.15, -0.1) is 0 Å². The minimum Gasteiger partial charge on any atom is -0.490 e. The van der Waals surface area contributed by atoms with Gasteiger partial charge in [0, 0.05) is 6.54 Å². The molecule has 0 aliphatic rings. The Morgan fingerprint density at radius 1 is 1.18 bits per heavy atom. The molecule has 1 amide bonds. The van der Waals surface area contributed by atoms with Crippen molar-refractivity contribution in [2.24, 2.45) is 11.7 Å². The first kappa shape index (κ1) is 18.3. The highest BCUT2D eigenvalue weighted by molar-refractivity contribution is 5.81. The predicted molar refractivity (Wildman–Crippen MR) is 88.3 cm³/mol. The van der Waals surface area contributed by atoms with E-state index in [-0.39, 0.29) is 11.8 Å². The molecular formula is C17H28N2O3. The number of ether oxygens (including phenoxy) is 2. The Morgan fingerprint density at radius 2 is 1.82 bits per heavy atom. The Balaban J connectivity index is 2.59. The summed E-state index contributed by atoms with van der Waals surface area (Å²) in [6, 6.07) is 5.40. The molecule has 0 heterocycles. The zero-order valence-corrected chi connectivity index (χ0v) is 14.0. The number of rotatable bonds is 9. The second kappa shape index (κ2) is 9.30. The van der Waals surface area contributed by atoms with Crippen LogP contribution < -0.4 is 20.5 Å². The number of nitrogens with two attached hydrogens (primary N) is 1. The fraction of sp³-hybridized carbons (Fsp3) is 0.588. The van der Waals surface area contributed by atoms with Crippen LogP contribution in [0.5, 0.6) is 11.5 Å². The van der Waals surface area contributed by atoms with Crippen LogP contribution in [-0.4, -0.2) is 31.7 Å². The Kier molecular flexibility index (Phi) is 7.74. The molecule has 1 aromatic carbocycles. The Bertz CT molecular complexity index is 475. The van der Waals surface area contributed by atoms with Gasteiger partial charge in [0.15, 0.2) is 11.5 Å². The minimum atomic E-state index is -0.459. The van der Waals surface area contributed by atoms with E-state index in [2.05, 4.69) is 5.32 Å². The zero-order chi connectivity index (χ0) is 16.5. The van der Waals surface area contributed by atoms with Gasteiger partial charge in [-0.25, -0.2) is 0 Å². The summed E-state index contributed by atoms with van der Waals surface area (Å²) in [6.45, 7) is 9.49. The number of carbonyl (C=O) groups excluding carboxylic acids is 1. The van der Waals surface area contributed by atoms with Crippen molar-refractivity contribution in [1.82, 2.24) is 5.32 Å². The minimum absolute atomic E-state index is 0.106. The molecule has 0 bridgehead atoms. The fourth-order valence-corrected chi connectivity index (χ4v) is 2.00. The van der Waals surface area contributed by atoms with Gasteiger partial charge in [-0.2, -0.15) is 0 Å². The smallest absolute Gasteiger partial charge is 0.237 e. The lowest BCUT2D eigenvalue weighted by molar-refractivity contribution is -0.123. The molecule has 0 fully saturated rings. The summed E-state index contributed by atoms with van der Waals surface area (Å²) in [5.41, 5.74) is 6.90.